The van der Waals surface area contributed by atoms with Crippen molar-refractivity contribution in [3.8, 4) is 0 Å². The maximum atomic E-state index is 11.9. The fourth-order valence-corrected chi connectivity index (χ4v) is 3.35. The van der Waals surface area contributed by atoms with E-state index in [1.54, 1.807) is 0 Å². The van der Waals surface area contributed by atoms with E-state index in [4.69, 9.17) is 5.11 Å². The second kappa shape index (κ2) is 19.8. The Morgan fingerprint density at radius 3 is 1.54 bits per heavy atom. The lowest BCUT2D eigenvalue weighted by Crippen LogP contribution is -2.49. The van der Waals surface area contributed by atoms with Crippen LogP contribution in [0.2, 0.25) is 0 Å². The first-order valence-electron chi connectivity index (χ1n) is 11.4. The van der Waals surface area contributed by atoms with E-state index in [1.807, 2.05) is 0 Å². The molecule has 0 saturated carbocycles. The second-order valence-electron chi connectivity index (χ2n) is 7.88. The van der Waals surface area contributed by atoms with Gasteiger partial charge in [-0.15, -0.1) is 0 Å². The first-order chi connectivity index (χ1) is 13.6. The van der Waals surface area contributed by atoms with Gasteiger partial charge in [0.15, 0.2) is 5.78 Å². The molecule has 0 bridgehead atoms. The number of aliphatic hydroxyl groups is 4. The van der Waals surface area contributed by atoms with Crippen molar-refractivity contribution < 1.29 is 25.2 Å². The van der Waals surface area contributed by atoms with E-state index in [0.717, 1.165) is 12.8 Å². The molecule has 0 rings (SSSR count). The summed E-state index contributed by atoms with van der Waals surface area (Å²) < 4.78 is 0. The van der Waals surface area contributed by atoms with E-state index in [9.17, 15) is 20.1 Å². The average Bonchev–Trinajstić information content (AvgIpc) is 2.72. The molecule has 0 radical (unpaired) electrons. The van der Waals surface area contributed by atoms with Gasteiger partial charge in [0, 0.05) is 0 Å². The number of carbonyl (C=O) groups excluding carboxylic acids is 1. The van der Waals surface area contributed by atoms with Crippen molar-refractivity contribution >= 4 is 5.78 Å². The number of ketones is 1. The van der Waals surface area contributed by atoms with Crippen molar-refractivity contribution in [3.05, 3.63) is 0 Å². The van der Waals surface area contributed by atoms with Crippen LogP contribution < -0.4 is 5.32 Å². The van der Waals surface area contributed by atoms with Gasteiger partial charge >= 0.3 is 0 Å². The molecular formula is C22H45NO5. The third-order valence-electron chi connectivity index (χ3n) is 5.29. The van der Waals surface area contributed by atoms with E-state index in [-0.39, 0.29) is 0 Å². The molecule has 3 atom stereocenters. The Bertz CT molecular complexity index is 354. The van der Waals surface area contributed by atoms with Crippen LogP contribution in [0, 0.1) is 0 Å². The molecule has 0 aromatic rings. The number of hydrogen-bond donors (Lipinski definition) is 5. The molecule has 0 heterocycles. The number of hydrogen-bond acceptors (Lipinski definition) is 6. The SMILES string of the molecule is CCCCCCCCCCCCCCCCN[C@@H](CO)C(=O)[C@@H](O)[C@H](O)CO. The molecule has 0 fully saturated rings. The first-order valence-corrected chi connectivity index (χ1v) is 11.4. The van der Waals surface area contributed by atoms with Crippen molar-refractivity contribution in [2.45, 2.75) is 115 Å². The summed E-state index contributed by atoms with van der Waals surface area (Å²) in [6.45, 7) is 1.70. The number of rotatable bonds is 21. The topological polar surface area (TPSA) is 110 Å². The quantitative estimate of drug-likeness (QED) is 0.189. The van der Waals surface area contributed by atoms with Crippen LogP contribution in [0.15, 0.2) is 0 Å². The predicted molar refractivity (Wildman–Crippen MR) is 113 cm³/mol. The van der Waals surface area contributed by atoms with E-state index in [0.29, 0.717) is 6.54 Å². The van der Waals surface area contributed by atoms with E-state index in [1.165, 1.54) is 77.0 Å². The average molecular weight is 404 g/mol. The molecule has 6 nitrogen and oxygen atoms in total. The zero-order valence-corrected chi connectivity index (χ0v) is 17.9. The Morgan fingerprint density at radius 2 is 1.14 bits per heavy atom. The molecule has 0 unspecified atom stereocenters. The van der Waals surface area contributed by atoms with Gasteiger partial charge in [0.05, 0.1) is 19.3 Å². The zero-order valence-electron chi connectivity index (χ0n) is 17.9. The van der Waals surface area contributed by atoms with Crippen molar-refractivity contribution in [3.63, 3.8) is 0 Å². The minimum atomic E-state index is -1.68. The summed E-state index contributed by atoms with van der Waals surface area (Å²) in [7, 11) is 0. The molecule has 0 aliphatic rings. The number of unbranched alkanes of at least 4 members (excludes halogenated alkanes) is 13. The molecular weight excluding hydrogens is 358 g/mol. The zero-order chi connectivity index (χ0) is 21.0. The van der Waals surface area contributed by atoms with Crippen molar-refractivity contribution in [1.29, 1.82) is 0 Å². The third kappa shape index (κ3) is 14.5. The number of nitrogens with one attached hydrogen (secondary N) is 1. The number of carbonyl (C=O) groups is 1. The van der Waals surface area contributed by atoms with Gasteiger partial charge in [-0.3, -0.25) is 4.79 Å². The van der Waals surface area contributed by atoms with E-state index >= 15 is 0 Å². The largest absolute Gasteiger partial charge is 0.394 e. The number of Topliss-reactive ketones (excluding diaryl/α,β-unsaturated/α-hetero) is 1. The lowest BCUT2D eigenvalue weighted by Gasteiger charge is -2.21. The van der Waals surface area contributed by atoms with Crippen LogP contribution >= 0.6 is 0 Å². The highest BCUT2D eigenvalue weighted by Gasteiger charge is 2.29. The van der Waals surface area contributed by atoms with Crippen LogP contribution in [0.4, 0.5) is 0 Å². The molecule has 0 aromatic carbocycles. The summed E-state index contributed by atoms with van der Waals surface area (Å²) in [5.74, 6) is -0.686. The van der Waals surface area contributed by atoms with Gasteiger partial charge in [-0.05, 0) is 13.0 Å². The molecule has 28 heavy (non-hydrogen) atoms. The lowest BCUT2D eigenvalue weighted by atomic mass is 10.0. The molecule has 0 amide bonds. The lowest BCUT2D eigenvalue weighted by molar-refractivity contribution is -0.137. The van der Waals surface area contributed by atoms with Gasteiger partial charge in [0.25, 0.3) is 0 Å². The first kappa shape index (κ1) is 27.5. The minimum Gasteiger partial charge on any atom is -0.394 e. The van der Waals surface area contributed by atoms with Gasteiger partial charge in [-0.2, -0.15) is 0 Å². The fourth-order valence-electron chi connectivity index (χ4n) is 3.35. The predicted octanol–water partition coefficient (Wildman–Crippen LogP) is 2.70. The van der Waals surface area contributed by atoms with Crippen molar-refractivity contribution in [2.24, 2.45) is 0 Å². The van der Waals surface area contributed by atoms with Gasteiger partial charge in [-0.1, -0.05) is 90.4 Å². The van der Waals surface area contributed by atoms with Crippen LogP contribution in [0.3, 0.4) is 0 Å². The normalized spacial score (nSPS) is 14.8. The number of aliphatic hydroxyl groups excluding tert-OH is 4. The van der Waals surface area contributed by atoms with Gasteiger partial charge < -0.3 is 25.7 Å². The van der Waals surface area contributed by atoms with Crippen LogP contribution in [0.1, 0.15) is 96.8 Å². The highest BCUT2D eigenvalue weighted by molar-refractivity contribution is 5.88. The van der Waals surface area contributed by atoms with Crippen LogP contribution in [-0.4, -0.2) is 64.2 Å². The summed E-state index contributed by atoms with van der Waals surface area (Å²) in [6, 6.07) is -0.904. The summed E-state index contributed by atoms with van der Waals surface area (Å²) in [4.78, 5) is 11.9. The Morgan fingerprint density at radius 1 is 0.714 bits per heavy atom. The molecule has 0 aromatic heterocycles. The maximum absolute atomic E-state index is 11.9. The smallest absolute Gasteiger partial charge is 0.183 e. The van der Waals surface area contributed by atoms with Crippen molar-refractivity contribution in [1.82, 2.24) is 5.32 Å². The van der Waals surface area contributed by atoms with Gasteiger partial charge in [0.1, 0.15) is 12.2 Å². The maximum Gasteiger partial charge on any atom is 0.183 e. The van der Waals surface area contributed by atoms with Crippen LogP contribution in [0.5, 0.6) is 0 Å². The summed E-state index contributed by atoms with van der Waals surface area (Å²) in [6.07, 6.45) is 14.7. The van der Waals surface area contributed by atoms with Gasteiger partial charge in [0.2, 0.25) is 0 Å². The standard InChI is InChI=1S/C22H45NO5/c1-2-3-4-5-6-7-8-9-10-11-12-13-14-15-16-23-19(17-24)21(27)22(28)20(26)18-25/h19-20,22-26,28H,2-18H2,1H3/t19-,20+,22-/m0/s1. The molecule has 0 aliphatic heterocycles. The Hall–Kier alpha value is -0.530. The molecule has 0 spiro atoms. The molecule has 6 heteroatoms. The Balaban J connectivity index is 3.49. The summed E-state index contributed by atoms with van der Waals surface area (Å²) >= 11 is 0. The highest BCUT2D eigenvalue weighted by Crippen LogP contribution is 2.12. The Kier molecular flexibility index (Phi) is 19.4. The van der Waals surface area contributed by atoms with Gasteiger partial charge in [-0.25, -0.2) is 0 Å². The molecule has 5 N–H and O–H groups in total. The summed E-state index contributed by atoms with van der Waals surface area (Å²) in [5.41, 5.74) is 0. The van der Waals surface area contributed by atoms with Crippen LogP contribution in [0.25, 0.3) is 0 Å². The Labute approximate surface area is 171 Å². The summed E-state index contributed by atoms with van der Waals surface area (Å²) in [5, 5.41) is 39.9. The van der Waals surface area contributed by atoms with E-state index in [2.05, 4.69) is 12.2 Å². The monoisotopic (exact) mass is 403 g/mol. The van der Waals surface area contributed by atoms with Crippen LogP contribution in [-0.2, 0) is 4.79 Å². The van der Waals surface area contributed by atoms with Crippen molar-refractivity contribution in [2.75, 3.05) is 19.8 Å². The highest BCUT2D eigenvalue weighted by atomic mass is 16.4. The molecule has 0 aliphatic carbocycles. The van der Waals surface area contributed by atoms with E-state index < -0.39 is 37.2 Å². The minimum absolute atomic E-state index is 0.438. The molecule has 168 valence electrons. The third-order valence-corrected chi connectivity index (χ3v) is 5.29. The molecule has 0 saturated heterocycles. The second-order valence-corrected chi connectivity index (χ2v) is 7.88. The fraction of sp³-hybridized carbons (Fsp3) is 0.955.